The van der Waals surface area contributed by atoms with Gasteiger partial charge >= 0.3 is 0 Å². The van der Waals surface area contributed by atoms with Crippen LogP contribution in [-0.4, -0.2) is 22.4 Å². The molecule has 5 atom stereocenters. The van der Waals surface area contributed by atoms with Gasteiger partial charge < -0.3 is 10.2 Å². The van der Waals surface area contributed by atoms with Gasteiger partial charge in [0.1, 0.15) is 0 Å². The van der Waals surface area contributed by atoms with Gasteiger partial charge in [-0.15, -0.1) is 0 Å². The molecule has 2 fully saturated rings. The quantitative estimate of drug-likeness (QED) is 0.767. The second-order valence-corrected chi connectivity index (χ2v) is 9.54. The van der Waals surface area contributed by atoms with Crippen LogP contribution in [0.4, 0.5) is 0 Å². The Kier molecular flexibility index (Phi) is 5.34. The average Bonchev–Trinajstić information content (AvgIpc) is 2.36. The number of fused-ring (bicyclic) bond motifs is 1. The standard InChI is InChI=1S/C20H38O2/c1-15(10-14-21)7-8-17-19(4)12-6-11-18(2,3)16(19)9-13-20(17,5)22/h15-17,21-22H,6-14H2,1-5H3/t15-,16-,17+,19-,20-/m0/s1. The third kappa shape index (κ3) is 3.38. The molecule has 0 aromatic heterocycles. The lowest BCUT2D eigenvalue weighted by molar-refractivity contribution is -0.170. The van der Waals surface area contributed by atoms with E-state index in [2.05, 4.69) is 34.6 Å². The average molecular weight is 311 g/mol. The molecule has 0 aromatic carbocycles. The first kappa shape index (κ1) is 18.3. The van der Waals surface area contributed by atoms with Crippen molar-refractivity contribution in [2.45, 2.75) is 91.6 Å². The molecular weight excluding hydrogens is 272 g/mol. The topological polar surface area (TPSA) is 40.5 Å². The maximum absolute atomic E-state index is 11.1. The first-order chi connectivity index (χ1) is 10.1. The highest BCUT2D eigenvalue weighted by molar-refractivity contribution is 5.07. The molecule has 22 heavy (non-hydrogen) atoms. The molecule has 2 nitrogen and oxygen atoms in total. The van der Waals surface area contributed by atoms with E-state index in [0.29, 0.717) is 17.3 Å². The summed E-state index contributed by atoms with van der Waals surface area (Å²) in [6, 6.07) is 0. The van der Waals surface area contributed by atoms with Crippen LogP contribution in [0.2, 0.25) is 0 Å². The molecule has 2 rings (SSSR count). The molecule has 2 saturated carbocycles. The number of hydrogen-bond acceptors (Lipinski definition) is 2. The summed E-state index contributed by atoms with van der Waals surface area (Å²) in [5.74, 6) is 1.70. The van der Waals surface area contributed by atoms with E-state index in [1.54, 1.807) is 0 Å². The lowest BCUT2D eigenvalue weighted by Gasteiger charge is -2.61. The Morgan fingerprint density at radius 1 is 1.05 bits per heavy atom. The highest BCUT2D eigenvalue weighted by Gasteiger charge is 2.57. The Morgan fingerprint density at radius 3 is 2.36 bits per heavy atom. The molecule has 0 radical (unpaired) electrons. The molecule has 0 aliphatic heterocycles. The van der Waals surface area contributed by atoms with Crippen LogP contribution in [0.5, 0.6) is 0 Å². The van der Waals surface area contributed by atoms with Crippen LogP contribution in [0, 0.1) is 28.6 Å². The monoisotopic (exact) mass is 310 g/mol. The summed E-state index contributed by atoms with van der Waals surface area (Å²) in [4.78, 5) is 0. The summed E-state index contributed by atoms with van der Waals surface area (Å²) >= 11 is 0. The number of aliphatic hydroxyl groups excluding tert-OH is 1. The Morgan fingerprint density at radius 2 is 1.73 bits per heavy atom. The van der Waals surface area contributed by atoms with E-state index in [9.17, 15) is 5.11 Å². The minimum atomic E-state index is -0.516. The van der Waals surface area contributed by atoms with Gasteiger partial charge in [-0.2, -0.15) is 0 Å². The van der Waals surface area contributed by atoms with Crippen LogP contribution in [0.25, 0.3) is 0 Å². The zero-order valence-electron chi connectivity index (χ0n) is 15.5. The third-order valence-corrected chi connectivity index (χ3v) is 7.33. The Hall–Kier alpha value is -0.0800. The molecule has 2 heteroatoms. The van der Waals surface area contributed by atoms with Gasteiger partial charge in [-0.1, -0.05) is 40.5 Å². The van der Waals surface area contributed by atoms with E-state index in [1.807, 2.05) is 0 Å². The highest BCUT2D eigenvalue weighted by Crippen LogP contribution is 2.63. The zero-order chi connectivity index (χ0) is 16.6. The van der Waals surface area contributed by atoms with Crippen LogP contribution in [0.3, 0.4) is 0 Å². The van der Waals surface area contributed by atoms with Gasteiger partial charge in [-0.25, -0.2) is 0 Å². The first-order valence-corrected chi connectivity index (χ1v) is 9.47. The zero-order valence-corrected chi connectivity index (χ0v) is 15.5. The van der Waals surface area contributed by atoms with E-state index < -0.39 is 5.60 Å². The third-order valence-electron chi connectivity index (χ3n) is 7.33. The number of rotatable bonds is 5. The Balaban J connectivity index is 2.19. The van der Waals surface area contributed by atoms with Crippen LogP contribution in [-0.2, 0) is 0 Å². The molecule has 0 spiro atoms. The van der Waals surface area contributed by atoms with Crippen LogP contribution in [0.15, 0.2) is 0 Å². The van der Waals surface area contributed by atoms with Gasteiger partial charge in [0.2, 0.25) is 0 Å². The van der Waals surface area contributed by atoms with Gasteiger partial charge in [-0.05, 0) is 74.0 Å². The molecule has 2 N–H and O–H groups in total. The maximum Gasteiger partial charge on any atom is 0.0653 e. The second-order valence-electron chi connectivity index (χ2n) is 9.54. The van der Waals surface area contributed by atoms with Crippen molar-refractivity contribution in [1.82, 2.24) is 0 Å². The SMILES string of the molecule is C[C@H](CCO)CC[C@@H]1[C@@]2(C)CCCC(C)(C)[C@@H]2CC[C@]1(C)O. The molecule has 2 aliphatic rings. The number of aliphatic hydroxyl groups is 2. The van der Waals surface area contributed by atoms with Crippen molar-refractivity contribution in [2.24, 2.45) is 28.6 Å². The molecule has 0 saturated heterocycles. The van der Waals surface area contributed by atoms with E-state index in [4.69, 9.17) is 5.11 Å². The van der Waals surface area contributed by atoms with Crippen LogP contribution < -0.4 is 0 Å². The minimum Gasteiger partial charge on any atom is -0.396 e. The predicted molar refractivity (Wildman–Crippen MR) is 92.7 cm³/mol. The normalized spacial score (nSPS) is 42.7. The van der Waals surface area contributed by atoms with Crippen molar-refractivity contribution in [3.63, 3.8) is 0 Å². The summed E-state index contributed by atoms with van der Waals surface area (Å²) in [6.07, 6.45) is 9.18. The minimum absolute atomic E-state index is 0.280. The lowest BCUT2D eigenvalue weighted by Crippen LogP contribution is -2.57. The maximum atomic E-state index is 11.1. The van der Waals surface area contributed by atoms with Crippen molar-refractivity contribution in [3.8, 4) is 0 Å². The fourth-order valence-corrected chi connectivity index (χ4v) is 6.08. The molecule has 0 aromatic rings. The van der Waals surface area contributed by atoms with Crippen LogP contribution >= 0.6 is 0 Å². The molecule has 0 unspecified atom stereocenters. The van der Waals surface area contributed by atoms with E-state index in [1.165, 1.54) is 25.7 Å². The fraction of sp³-hybridized carbons (Fsp3) is 1.00. The summed E-state index contributed by atoms with van der Waals surface area (Å²) < 4.78 is 0. The van der Waals surface area contributed by atoms with E-state index in [0.717, 1.165) is 31.6 Å². The van der Waals surface area contributed by atoms with Gasteiger partial charge in [0.15, 0.2) is 0 Å². The van der Waals surface area contributed by atoms with Crippen molar-refractivity contribution >= 4 is 0 Å². The van der Waals surface area contributed by atoms with Gasteiger partial charge in [-0.3, -0.25) is 0 Å². The summed E-state index contributed by atoms with van der Waals surface area (Å²) in [6.45, 7) is 12.0. The molecule has 2 aliphatic carbocycles. The van der Waals surface area contributed by atoms with Gasteiger partial charge in [0.05, 0.1) is 5.60 Å². The molecule has 0 heterocycles. The van der Waals surface area contributed by atoms with Crippen LogP contribution in [0.1, 0.15) is 86.0 Å². The van der Waals surface area contributed by atoms with Crippen molar-refractivity contribution in [3.05, 3.63) is 0 Å². The Labute approximate surface area is 137 Å². The first-order valence-electron chi connectivity index (χ1n) is 9.47. The fourth-order valence-electron chi connectivity index (χ4n) is 6.08. The summed E-state index contributed by atoms with van der Waals surface area (Å²) in [7, 11) is 0. The number of hydrogen-bond donors (Lipinski definition) is 2. The van der Waals surface area contributed by atoms with Crippen molar-refractivity contribution < 1.29 is 10.2 Å². The van der Waals surface area contributed by atoms with E-state index in [-0.39, 0.29) is 12.0 Å². The smallest absolute Gasteiger partial charge is 0.0653 e. The highest BCUT2D eigenvalue weighted by atomic mass is 16.3. The largest absolute Gasteiger partial charge is 0.396 e. The van der Waals surface area contributed by atoms with E-state index >= 15 is 0 Å². The van der Waals surface area contributed by atoms with Crippen molar-refractivity contribution in [2.75, 3.05) is 6.61 Å². The molecule has 0 amide bonds. The molecule has 130 valence electrons. The second kappa shape index (κ2) is 6.43. The molecular formula is C20H38O2. The van der Waals surface area contributed by atoms with Crippen molar-refractivity contribution in [1.29, 1.82) is 0 Å². The molecule has 0 bridgehead atoms. The lowest BCUT2D eigenvalue weighted by atomic mass is 9.45. The Bertz CT molecular complexity index is 374. The summed E-state index contributed by atoms with van der Waals surface area (Å²) in [5.41, 5.74) is 0.179. The van der Waals surface area contributed by atoms with Gasteiger partial charge in [0, 0.05) is 6.61 Å². The predicted octanol–water partition coefficient (Wildman–Crippen LogP) is 4.78. The van der Waals surface area contributed by atoms with Gasteiger partial charge in [0.25, 0.3) is 0 Å². The summed E-state index contributed by atoms with van der Waals surface area (Å²) in [5, 5.41) is 20.2.